The first-order valence-corrected chi connectivity index (χ1v) is 17.4. The molecule has 0 unspecified atom stereocenters. The third-order valence-corrected chi connectivity index (χ3v) is 7.96. The first-order valence-electron chi connectivity index (χ1n) is 17.4. The number of hydrogen-bond acceptors (Lipinski definition) is 3. The van der Waals surface area contributed by atoms with Gasteiger partial charge in [0.15, 0.2) is 5.78 Å². The van der Waals surface area contributed by atoms with Crippen LogP contribution in [0, 0.1) is 0 Å². The monoisotopic (exact) mass is 576 g/mol. The molecule has 0 N–H and O–H groups in total. The summed E-state index contributed by atoms with van der Waals surface area (Å²) >= 11 is 0. The van der Waals surface area contributed by atoms with Crippen LogP contribution in [-0.2, 0) is 0 Å². The number of benzene rings is 2. The largest absolute Gasteiger partial charge is 0.494 e. The van der Waals surface area contributed by atoms with Crippen LogP contribution < -0.4 is 9.47 Å². The van der Waals surface area contributed by atoms with Crippen LogP contribution in [0.2, 0.25) is 0 Å². The SMILES string of the molecule is CCCCCCCCCCCCCCOc1ccc(/C=C/C(=O)c2cccc(OCCCCCCCCCC)c2)cc1. The molecule has 2 aromatic carbocycles. The second-order valence-electron chi connectivity index (χ2n) is 11.9. The third-order valence-electron chi connectivity index (χ3n) is 7.96. The van der Waals surface area contributed by atoms with Gasteiger partial charge in [0, 0.05) is 5.56 Å². The number of allylic oxidation sites excluding steroid dienone is 1. The fourth-order valence-electron chi connectivity index (χ4n) is 5.24. The van der Waals surface area contributed by atoms with Crippen molar-refractivity contribution < 1.29 is 14.3 Å². The Hall–Kier alpha value is -2.55. The van der Waals surface area contributed by atoms with E-state index in [0.29, 0.717) is 12.2 Å². The summed E-state index contributed by atoms with van der Waals surface area (Å²) in [6.07, 6.45) is 29.9. The summed E-state index contributed by atoms with van der Waals surface area (Å²) in [7, 11) is 0. The fraction of sp³-hybridized carbons (Fsp3) is 0.615. The molecule has 0 amide bonds. The number of carbonyl (C=O) groups is 1. The van der Waals surface area contributed by atoms with Gasteiger partial charge in [-0.15, -0.1) is 0 Å². The van der Waals surface area contributed by atoms with Crippen molar-refractivity contribution in [2.75, 3.05) is 13.2 Å². The van der Waals surface area contributed by atoms with E-state index in [4.69, 9.17) is 9.47 Å². The van der Waals surface area contributed by atoms with E-state index in [1.165, 1.54) is 116 Å². The summed E-state index contributed by atoms with van der Waals surface area (Å²) in [4.78, 5) is 12.7. The molecule has 3 heteroatoms. The lowest BCUT2D eigenvalue weighted by molar-refractivity contribution is 0.104. The highest BCUT2D eigenvalue weighted by atomic mass is 16.5. The van der Waals surface area contributed by atoms with E-state index in [0.717, 1.165) is 36.5 Å². The van der Waals surface area contributed by atoms with E-state index >= 15 is 0 Å². The van der Waals surface area contributed by atoms with E-state index in [2.05, 4.69) is 13.8 Å². The Kier molecular flexibility index (Phi) is 21.2. The van der Waals surface area contributed by atoms with Crippen LogP contribution in [0.1, 0.15) is 158 Å². The summed E-state index contributed by atoms with van der Waals surface area (Å²) in [6, 6.07) is 15.5. The standard InChI is InChI=1S/C39H60O3/c1-3-5-7-9-11-13-14-15-16-18-19-21-32-41-37-29-26-35(27-30-37)28-31-39(40)36-24-23-25-38(34-36)42-33-22-20-17-12-10-8-6-4-2/h23-31,34H,3-22,32-33H2,1-2H3/b31-28+. The molecule has 0 aliphatic carbocycles. The van der Waals surface area contributed by atoms with Crippen LogP contribution in [-0.4, -0.2) is 19.0 Å². The Balaban J connectivity index is 1.56. The first kappa shape index (κ1) is 35.6. The molecule has 0 aliphatic rings. The minimum Gasteiger partial charge on any atom is -0.494 e. The summed E-state index contributed by atoms with van der Waals surface area (Å²) in [6.45, 7) is 6.00. The van der Waals surface area contributed by atoms with Gasteiger partial charge >= 0.3 is 0 Å². The summed E-state index contributed by atoms with van der Waals surface area (Å²) < 4.78 is 11.8. The molecule has 3 nitrogen and oxygen atoms in total. The molecule has 2 aromatic rings. The Labute approximate surface area is 258 Å². The van der Waals surface area contributed by atoms with Crippen LogP contribution in [0.4, 0.5) is 0 Å². The minimum atomic E-state index is -0.0140. The normalized spacial score (nSPS) is 11.3. The lowest BCUT2D eigenvalue weighted by Crippen LogP contribution is -2.00. The molecule has 0 radical (unpaired) electrons. The second-order valence-corrected chi connectivity index (χ2v) is 11.9. The predicted molar refractivity (Wildman–Crippen MR) is 181 cm³/mol. The number of unbranched alkanes of at least 4 members (excludes halogenated alkanes) is 18. The highest BCUT2D eigenvalue weighted by Gasteiger charge is 2.04. The van der Waals surface area contributed by atoms with Gasteiger partial charge < -0.3 is 9.47 Å². The number of carbonyl (C=O) groups excluding carboxylic acids is 1. The average molecular weight is 577 g/mol. The van der Waals surface area contributed by atoms with E-state index < -0.39 is 0 Å². The van der Waals surface area contributed by atoms with Gasteiger partial charge in [-0.25, -0.2) is 0 Å². The van der Waals surface area contributed by atoms with Crippen LogP contribution in [0.5, 0.6) is 11.5 Å². The molecule has 0 saturated heterocycles. The number of rotatable bonds is 27. The Bertz CT molecular complexity index is 946. The van der Waals surface area contributed by atoms with Crippen molar-refractivity contribution in [2.24, 2.45) is 0 Å². The van der Waals surface area contributed by atoms with Gasteiger partial charge in [0.05, 0.1) is 13.2 Å². The smallest absolute Gasteiger partial charge is 0.185 e. The summed E-state index contributed by atoms with van der Waals surface area (Å²) in [5.74, 6) is 1.65. The van der Waals surface area contributed by atoms with Crippen molar-refractivity contribution in [2.45, 2.75) is 142 Å². The van der Waals surface area contributed by atoms with Gasteiger partial charge in [-0.1, -0.05) is 160 Å². The molecule has 0 spiro atoms. The molecule has 0 bridgehead atoms. The van der Waals surface area contributed by atoms with E-state index in [1.54, 1.807) is 6.08 Å². The van der Waals surface area contributed by atoms with Crippen molar-refractivity contribution in [3.05, 3.63) is 65.7 Å². The van der Waals surface area contributed by atoms with Crippen molar-refractivity contribution >= 4 is 11.9 Å². The average Bonchev–Trinajstić information content (AvgIpc) is 3.02. The van der Waals surface area contributed by atoms with Crippen LogP contribution in [0.15, 0.2) is 54.6 Å². The fourth-order valence-corrected chi connectivity index (χ4v) is 5.24. The molecular formula is C39H60O3. The van der Waals surface area contributed by atoms with Gasteiger partial charge in [0.1, 0.15) is 11.5 Å². The zero-order chi connectivity index (χ0) is 29.9. The van der Waals surface area contributed by atoms with Crippen LogP contribution >= 0.6 is 0 Å². The molecule has 0 saturated carbocycles. The lowest BCUT2D eigenvalue weighted by Gasteiger charge is -2.07. The highest BCUT2D eigenvalue weighted by Crippen LogP contribution is 2.18. The maximum absolute atomic E-state index is 12.7. The Morgan fingerprint density at radius 2 is 1.00 bits per heavy atom. The maximum atomic E-state index is 12.7. The van der Waals surface area contributed by atoms with E-state index in [9.17, 15) is 4.79 Å². The molecule has 42 heavy (non-hydrogen) atoms. The van der Waals surface area contributed by atoms with Gasteiger partial charge in [-0.3, -0.25) is 4.79 Å². The van der Waals surface area contributed by atoms with Gasteiger partial charge in [-0.05, 0) is 48.7 Å². The van der Waals surface area contributed by atoms with Gasteiger partial charge in [-0.2, -0.15) is 0 Å². The molecule has 0 aliphatic heterocycles. The number of hydrogen-bond donors (Lipinski definition) is 0. The molecule has 0 atom stereocenters. The van der Waals surface area contributed by atoms with Gasteiger partial charge in [0.25, 0.3) is 0 Å². The molecular weight excluding hydrogens is 516 g/mol. The van der Waals surface area contributed by atoms with Crippen molar-refractivity contribution in [1.82, 2.24) is 0 Å². The van der Waals surface area contributed by atoms with Crippen LogP contribution in [0.3, 0.4) is 0 Å². The highest BCUT2D eigenvalue weighted by molar-refractivity contribution is 6.07. The molecule has 0 aromatic heterocycles. The molecule has 0 fully saturated rings. The van der Waals surface area contributed by atoms with E-state index in [1.807, 2.05) is 54.6 Å². The topological polar surface area (TPSA) is 35.5 Å². The summed E-state index contributed by atoms with van der Waals surface area (Å²) in [5, 5.41) is 0. The van der Waals surface area contributed by atoms with Crippen molar-refractivity contribution in [3.8, 4) is 11.5 Å². The lowest BCUT2D eigenvalue weighted by atomic mass is 10.1. The Morgan fingerprint density at radius 1 is 0.548 bits per heavy atom. The zero-order valence-electron chi connectivity index (χ0n) is 27.1. The molecule has 2 rings (SSSR count). The number of ketones is 1. The minimum absolute atomic E-state index is 0.0140. The summed E-state index contributed by atoms with van der Waals surface area (Å²) in [5.41, 5.74) is 1.64. The zero-order valence-corrected chi connectivity index (χ0v) is 27.1. The molecule has 0 heterocycles. The van der Waals surface area contributed by atoms with Crippen molar-refractivity contribution in [3.63, 3.8) is 0 Å². The second kappa shape index (κ2) is 25.0. The van der Waals surface area contributed by atoms with Crippen LogP contribution in [0.25, 0.3) is 6.08 Å². The Morgan fingerprint density at radius 3 is 1.50 bits per heavy atom. The first-order chi connectivity index (χ1) is 20.7. The van der Waals surface area contributed by atoms with Crippen molar-refractivity contribution in [1.29, 1.82) is 0 Å². The predicted octanol–water partition coefficient (Wildman–Crippen LogP) is 12.2. The number of ether oxygens (including phenoxy) is 2. The third kappa shape index (κ3) is 18.1. The van der Waals surface area contributed by atoms with Gasteiger partial charge in [0.2, 0.25) is 0 Å². The quantitative estimate of drug-likeness (QED) is 0.0603. The molecule has 234 valence electrons. The van der Waals surface area contributed by atoms with E-state index in [-0.39, 0.29) is 5.78 Å². The maximum Gasteiger partial charge on any atom is 0.185 e.